The molecule has 0 spiro atoms. The molecule has 62 valence electrons. The molecule has 0 aromatic heterocycles. The molecule has 0 aromatic carbocycles. The highest BCUT2D eigenvalue weighted by Crippen LogP contribution is 2.55. The maximum Gasteiger partial charge on any atom is 0.326 e. The average molecular weight is 155 g/mol. The Bertz CT molecular complexity index is 204. The number of nitrogens with zero attached hydrogens (tertiary/aromatic N) is 1. The highest BCUT2D eigenvalue weighted by Gasteiger charge is 2.66. The predicted octanol–water partition coefficient (Wildman–Crippen LogP) is 0.254. The van der Waals surface area contributed by atoms with Gasteiger partial charge in [0.15, 0.2) is 0 Å². The molecule has 11 heavy (non-hydrogen) atoms. The second-order valence-corrected chi connectivity index (χ2v) is 3.53. The molecular formula is C8H13NO2. The number of hydrogen-bond donors (Lipinski definition) is 0. The van der Waals surface area contributed by atoms with E-state index in [2.05, 4.69) is 4.90 Å². The fourth-order valence-corrected chi connectivity index (χ4v) is 2.26. The van der Waals surface area contributed by atoms with Crippen molar-refractivity contribution < 1.29 is 9.53 Å². The Balaban J connectivity index is 2.18. The zero-order valence-electron chi connectivity index (χ0n) is 6.96. The highest BCUT2D eigenvalue weighted by atomic mass is 16.5. The number of likely N-dealkylation sites (N-methyl/N-ethyl adjacent to an activating group) is 1. The van der Waals surface area contributed by atoms with Crippen LogP contribution < -0.4 is 0 Å². The van der Waals surface area contributed by atoms with Crippen LogP contribution in [0.15, 0.2) is 0 Å². The van der Waals surface area contributed by atoms with E-state index in [1.165, 1.54) is 7.11 Å². The molecule has 2 unspecified atom stereocenters. The van der Waals surface area contributed by atoms with Crippen molar-refractivity contribution in [2.75, 3.05) is 20.7 Å². The van der Waals surface area contributed by atoms with E-state index in [4.69, 9.17) is 4.74 Å². The van der Waals surface area contributed by atoms with Gasteiger partial charge in [-0.3, -0.25) is 9.69 Å². The van der Waals surface area contributed by atoms with Crippen LogP contribution in [0.2, 0.25) is 0 Å². The summed E-state index contributed by atoms with van der Waals surface area (Å²) in [5.74, 6) is 0.544. The van der Waals surface area contributed by atoms with Gasteiger partial charge in [-0.1, -0.05) is 0 Å². The molecule has 0 radical (unpaired) electrons. The van der Waals surface area contributed by atoms with Gasteiger partial charge >= 0.3 is 5.97 Å². The normalized spacial score (nSPS) is 41.8. The fraction of sp³-hybridized carbons (Fsp3) is 0.875. The molecule has 2 aliphatic rings. The summed E-state index contributed by atoms with van der Waals surface area (Å²) < 4.78 is 4.77. The summed E-state index contributed by atoms with van der Waals surface area (Å²) in [4.78, 5) is 13.5. The summed E-state index contributed by atoms with van der Waals surface area (Å²) in [7, 11) is 3.47. The minimum absolute atomic E-state index is 0.0394. The smallest absolute Gasteiger partial charge is 0.326 e. The average Bonchev–Trinajstić information content (AvgIpc) is 2.68. The lowest BCUT2D eigenvalue weighted by Gasteiger charge is -2.20. The van der Waals surface area contributed by atoms with Crippen LogP contribution >= 0.6 is 0 Å². The van der Waals surface area contributed by atoms with E-state index in [1.54, 1.807) is 0 Å². The van der Waals surface area contributed by atoms with Gasteiger partial charge in [-0.25, -0.2) is 0 Å². The summed E-state index contributed by atoms with van der Waals surface area (Å²) in [6.45, 7) is 1.04. The van der Waals surface area contributed by atoms with Crippen LogP contribution in [0.4, 0.5) is 0 Å². The first-order chi connectivity index (χ1) is 5.21. The number of methoxy groups -OCH3 is 1. The quantitative estimate of drug-likeness (QED) is 0.508. The molecule has 2 atom stereocenters. The molecule has 0 N–H and O–H groups in total. The van der Waals surface area contributed by atoms with Gasteiger partial charge in [-0.15, -0.1) is 0 Å². The topological polar surface area (TPSA) is 29.5 Å². The van der Waals surface area contributed by atoms with Crippen molar-refractivity contribution in [3.63, 3.8) is 0 Å². The number of carbonyl (C=O) groups is 1. The number of esters is 1. The van der Waals surface area contributed by atoms with Crippen LogP contribution in [0.1, 0.15) is 12.8 Å². The minimum Gasteiger partial charge on any atom is -0.468 e. The van der Waals surface area contributed by atoms with Gasteiger partial charge in [0.1, 0.15) is 5.54 Å². The van der Waals surface area contributed by atoms with Gasteiger partial charge in [-0.2, -0.15) is 0 Å². The molecule has 0 aromatic rings. The van der Waals surface area contributed by atoms with E-state index in [-0.39, 0.29) is 11.5 Å². The number of rotatable bonds is 1. The van der Waals surface area contributed by atoms with Crippen molar-refractivity contribution in [3.05, 3.63) is 0 Å². The summed E-state index contributed by atoms with van der Waals surface area (Å²) in [6.07, 6.45) is 2.17. The molecule has 0 amide bonds. The molecule has 1 aliphatic heterocycles. The highest BCUT2D eigenvalue weighted by molar-refractivity contribution is 5.85. The molecule has 3 nitrogen and oxygen atoms in total. The van der Waals surface area contributed by atoms with Crippen LogP contribution in [-0.4, -0.2) is 37.1 Å². The lowest BCUT2D eigenvalue weighted by atomic mass is 10.2. The Hall–Kier alpha value is -0.570. The number of piperidine rings is 1. The third-order valence-electron chi connectivity index (χ3n) is 3.11. The monoisotopic (exact) mass is 155 g/mol. The van der Waals surface area contributed by atoms with Crippen molar-refractivity contribution in [1.29, 1.82) is 0 Å². The van der Waals surface area contributed by atoms with Crippen molar-refractivity contribution in [1.82, 2.24) is 4.90 Å². The zero-order chi connectivity index (χ0) is 8.06. The Morgan fingerprint density at radius 3 is 2.82 bits per heavy atom. The molecule has 3 heteroatoms. The Morgan fingerprint density at radius 2 is 2.45 bits per heavy atom. The van der Waals surface area contributed by atoms with Crippen LogP contribution in [0, 0.1) is 5.92 Å². The Kier molecular flexibility index (Phi) is 1.27. The maximum absolute atomic E-state index is 11.3. The van der Waals surface area contributed by atoms with Crippen LogP contribution in [0.5, 0.6) is 0 Å². The molecule has 1 saturated carbocycles. The first kappa shape index (κ1) is 7.10. The van der Waals surface area contributed by atoms with E-state index in [1.807, 2.05) is 7.05 Å². The van der Waals surface area contributed by atoms with Gasteiger partial charge in [0, 0.05) is 0 Å². The molecule has 1 aliphatic carbocycles. The molecule has 0 bridgehead atoms. The maximum atomic E-state index is 11.3. The first-order valence-electron chi connectivity index (χ1n) is 4.01. The molecular weight excluding hydrogens is 142 g/mol. The van der Waals surface area contributed by atoms with Crippen molar-refractivity contribution in [2.24, 2.45) is 5.92 Å². The predicted molar refractivity (Wildman–Crippen MR) is 40.1 cm³/mol. The summed E-state index contributed by atoms with van der Waals surface area (Å²) in [5, 5.41) is 0. The van der Waals surface area contributed by atoms with Gasteiger partial charge in [0.05, 0.1) is 7.11 Å². The third-order valence-corrected chi connectivity index (χ3v) is 3.11. The number of fused-ring (bicyclic) bond motifs is 1. The largest absolute Gasteiger partial charge is 0.468 e. The number of likely N-dealkylation sites (tertiary alicyclic amines) is 1. The summed E-state index contributed by atoms with van der Waals surface area (Å²) >= 11 is 0. The first-order valence-corrected chi connectivity index (χ1v) is 4.01. The van der Waals surface area contributed by atoms with Gasteiger partial charge in [0.25, 0.3) is 0 Å². The van der Waals surface area contributed by atoms with E-state index in [0.717, 1.165) is 19.4 Å². The van der Waals surface area contributed by atoms with E-state index in [9.17, 15) is 4.79 Å². The minimum atomic E-state index is -0.200. The van der Waals surface area contributed by atoms with Crippen LogP contribution in [0.25, 0.3) is 0 Å². The van der Waals surface area contributed by atoms with E-state index < -0.39 is 0 Å². The zero-order valence-corrected chi connectivity index (χ0v) is 6.96. The number of carbonyl (C=O) groups excluding carboxylic acids is 1. The van der Waals surface area contributed by atoms with Crippen molar-refractivity contribution in [2.45, 2.75) is 18.4 Å². The Morgan fingerprint density at radius 1 is 1.73 bits per heavy atom. The summed E-state index contributed by atoms with van der Waals surface area (Å²) in [5.41, 5.74) is -0.200. The second kappa shape index (κ2) is 1.97. The number of hydrogen-bond acceptors (Lipinski definition) is 3. The van der Waals surface area contributed by atoms with Crippen molar-refractivity contribution in [3.8, 4) is 0 Å². The second-order valence-electron chi connectivity index (χ2n) is 3.53. The SMILES string of the molecule is COC(=O)C12CC1CCN2C. The van der Waals surface area contributed by atoms with Crippen LogP contribution in [-0.2, 0) is 9.53 Å². The van der Waals surface area contributed by atoms with Gasteiger partial charge in [0.2, 0.25) is 0 Å². The molecule has 1 saturated heterocycles. The van der Waals surface area contributed by atoms with E-state index in [0.29, 0.717) is 5.92 Å². The lowest BCUT2D eigenvalue weighted by Crippen LogP contribution is -2.39. The van der Waals surface area contributed by atoms with Gasteiger partial charge < -0.3 is 4.74 Å². The molecule has 1 heterocycles. The van der Waals surface area contributed by atoms with Crippen LogP contribution in [0.3, 0.4) is 0 Å². The Labute approximate surface area is 66.3 Å². The molecule has 2 rings (SSSR count). The standard InChI is InChI=1S/C8H13NO2/c1-9-4-3-6-5-8(6,9)7(10)11-2/h6H,3-5H2,1-2H3. The van der Waals surface area contributed by atoms with Crippen molar-refractivity contribution >= 4 is 5.97 Å². The number of ether oxygens (including phenoxy) is 1. The summed E-state index contributed by atoms with van der Waals surface area (Å²) in [6, 6.07) is 0. The van der Waals surface area contributed by atoms with E-state index >= 15 is 0 Å². The molecule has 2 fully saturated rings. The lowest BCUT2D eigenvalue weighted by molar-refractivity contribution is -0.147. The third kappa shape index (κ3) is 0.692. The fourth-order valence-electron chi connectivity index (χ4n) is 2.26. The van der Waals surface area contributed by atoms with Gasteiger partial charge in [-0.05, 0) is 32.4 Å².